The summed E-state index contributed by atoms with van der Waals surface area (Å²) < 4.78 is 79.7. The Morgan fingerprint density at radius 3 is 2.23 bits per heavy atom. The summed E-state index contributed by atoms with van der Waals surface area (Å²) in [4.78, 5) is 3.22. The van der Waals surface area contributed by atoms with Crippen molar-refractivity contribution in [3.05, 3.63) is 76.5 Å². The van der Waals surface area contributed by atoms with Crippen molar-refractivity contribution in [2.75, 3.05) is 6.54 Å². The first-order valence-corrected chi connectivity index (χ1v) is 8.99. The van der Waals surface area contributed by atoms with E-state index < -0.39 is 35.2 Å². The molecule has 1 heterocycles. The molecule has 0 amide bonds. The number of pyridine rings is 1. The van der Waals surface area contributed by atoms with E-state index >= 15 is 0 Å². The fourth-order valence-electron chi connectivity index (χ4n) is 3.09. The lowest BCUT2D eigenvalue weighted by atomic mass is 9.99. The molecule has 2 aromatic carbocycles. The average Bonchev–Trinajstić information content (AvgIpc) is 2.66. The van der Waals surface area contributed by atoms with Crippen LogP contribution in [-0.2, 0) is 18.9 Å². The Balaban J connectivity index is 1.95. The molecule has 1 atom stereocenters. The summed E-state index contributed by atoms with van der Waals surface area (Å²) in [6, 6.07) is 11.0. The summed E-state index contributed by atoms with van der Waals surface area (Å²) in [5.74, 6) is 0. The molecule has 0 aliphatic rings. The number of rotatable bonds is 5. The van der Waals surface area contributed by atoms with Crippen LogP contribution in [0.15, 0.2) is 48.5 Å². The first kappa shape index (κ1) is 22.0. The first-order chi connectivity index (χ1) is 14.0. The van der Waals surface area contributed by atoms with E-state index in [0.717, 1.165) is 17.2 Å². The molecule has 2 N–H and O–H groups in total. The van der Waals surface area contributed by atoms with Crippen molar-refractivity contribution < 1.29 is 31.4 Å². The van der Waals surface area contributed by atoms with Crippen molar-refractivity contribution in [3.8, 4) is 0 Å². The lowest BCUT2D eigenvalue weighted by Crippen LogP contribution is -2.22. The molecule has 3 aromatic rings. The smallest absolute Gasteiger partial charge is 0.387 e. The van der Waals surface area contributed by atoms with Crippen LogP contribution in [-0.4, -0.2) is 16.6 Å². The van der Waals surface area contributed by atoms with Crippen molar-refractivity contribution in [3.63, 3.8) is 0 Å². The molecule has 9 heteroatoms. The van der Waals surface area contributed by atoms with Crippen LogP contribution in [0.2, 0.25) is 0 Å². The van der Waals surface area contributed by atoms with Gasteiger partial charge in [0.2, 0.25) is 0 Å². The molecule has 0 aliphatic heterocycles. The summed E-state index contributed by atoms with van der Waals surface area (Å²) in [6.45, 7) is 2.10. The first-order valence-electron chi connectivity index (χ1n) is 8.99. The van der Waals surface area contributed by atoms with Gasteiger partial charge < -0.3 is 10.4 Å². The van der Waals surface area contributed by atoms with Gasteiger partial charge in [-0.3, -0.25) is 0 Å². The second-order valence-electron chi connectivity index (χ2n) is 6.93. The molecule has 0 saturated carbocycles. The Morgan fingerprint density at radius 1 is 0.967 bits per heavy atom. The molecule has 1 unspecified atom stereocenters. The molecule has 0 saturated heterocycles. The van der Waals surface area contributed by atoms with Crippen molar-refractivity contribution in [2.24, 2.45) is 0 Å². The Labute approximate surface area is 168 Å². The van der Waals surface area contributed by atoms with E-state index in [2.05, 4.69) is 10.3 Å². The van der Waals surface area contributed by atoms with Gasteiger partial charge in [0.05, 0.1) is 17.2 Å². The molecule has 0 fully saturated rings. The number of aryl methyl sites for hydroxylation is 1. The van der Waals surface area contributed by atoms with Crippen molar-refractivity contribution in [1.29, 1.82) is 0 Å². The third kappa shape index (κ3) is 4.91. The summed E-state index contributed by atoms with van der Waals surface area (Å²) in [6.07, 6.45) is -11.3. The summed E-state index contributed by atoms with van der Waals surface area (Å²) in [7, 11) is 0. The number of aliphatic hydroxyl groups is 1. The quantitative estimate of drug-likeness (QED) is 0.535. The number of fused-ring (bicyclic) bond motifs is 1. The Morgan fingerprint density at radius 2 is 1.63 bits per heavy atom. The Bertz CT molecular complexity index is 1030. The SMILES string of the molecule is Cc1ccc(CNCC(O)c2cc(C(F)(F)F)nc3c(C(F)(F)F)cccc23)cc1. The summed E-state index contributed by atoms with van der Waals surface area (Å²) >= 11 is 0. The number of halogens is 6. The van der Waals surface area contributed by atoms with Crippen LogP contribution in [0.3, 0.4) is 0 Å². The van der Waals surface area contributed by atoms with Gasteiger partial charge in [0.15, 0.2) is 0 Å². The lowest BCUT2D eigenvalue weighted by molar-refractivity contribution is -0.142. The highest BCUT2D eigenvalue weighted by Crippen LogP contribution is 2.38. The molecular formula is C21H18F6N2O. The standard InChI is InChI=1S/C21H18F6N2O/c1-12-5-7-13(8-6-12)10-28-11-17(30)15-9-18(21(25,26)27)29-19-14(15)3-2-4-16(19)20(22,23)24/h2-9,17,28,30H,10-11H2,1H3. The lowest BCUT2D eigenvalue weighted by Gasteiger charge is -2.19. The number of para-hydroxylation sites is 1. The van der Waals surface area contributed by atoms with Crippen molar-refractivity contribution in [2.45, 2.75) is 31.9 Å². The fraction of sp³-hybridized carbons (Fsp3) is 0.286. The van der Waals surface area contributed by atoms with E-state index in [1.165, 1.54) is 6.07 Å². The van der Waals surface area contributed by atoms with Crippen LogP contribution >= 0.6 is 0 Å². The number of hydrogen-bond donors (Lipinski definition) is 2. The molecule has 1 aromatic heterocycles. The maximum absolute atomic E-state index is 13.3. The molecule has 0 radical (unpaired) electrons. The number of aromatic nitrogens is 1. The summed E-state index contributed by atoms with van der Waals surface area (Å²) in [5, 5.41) is 13.2. The van der Waals surface area contributed by atoms with Crippen LogP contribution in [0.5, 0.6) is 0 Å². The van der Waals surface area contributed by atoms with Crippen LogP contribution in [0, 0.1) is 6.92 Å². The molecule has 0 aliphatic carbocycles. The average molecular weight is 428 g/mol. The summed E-state index contributed by atoms with van der Waals surface area (Å²) in [5.41, 5.74) is -1.93. The molecule has 160 valence electrons. The minimum absolute atomic E-state index is 0.152. The second-order valence-corrected chi connectivity index (χ2v) is 6.93. The highest BCUT2D eigenvalue weighted by Gasteiger charge is 2.37. The van der Waals surface area contributed by atoms with Crippen molar-refractivity contribution >= 4 is 10.9 Å². The predicted molar refractivity (Wildman–Crippen MR) is 99.6 cm³/mol. The van der Waals surface area contributed by atoms with Crippen molar-refractivity contribution in [1.82, 2.24) is 10.3 Å². The third-order valence-corrected chi connectivity index (χ3v) is 4.61. The normalized spacial score (nSPS) is 13.6. The minimum atomic E-state index is -4.96. The number of benzene rings is 2. The fourth-order valence-corrected chi connectivity index (χ4v) is 3.09. The zero-order valence-corrected chi connectivity index (χ0v) is 15.8. The minimum Gasteiger partial charge on any atom is -0.387 e. The van der Waals surface area contributed by atoms with E-state index in [0.29, 0.717) is 18.7 Å². The zero-order chi connectivity index (χ0) is 22.1. The maximum atomic E-state index is 13.3. The zero-order valence-electron chi connectivity index (χ0n) is 15.8. The van der Waals surface area contributed by atoms with E-state index in [-0.39, 0.29) is 17.5 Å². The van der Waals surface area contributed by atoms with Gasteiger partial charge in [-0.1, -0.05) is 42.0 Å². The highest BCUT2D eigenvalue weighted by molar-refractivity contribution is 5.86. The predicted octanol–water partition coefficient (Wildman–Crippen LogP) is 5.40. The molecule has 0 spiro atoms. The van der Waals surface area contributed by atoms with Gasteiger partial charge in [0.1, 0.15) is 5.69 Å². The largest absolute Gasteiger partial charge is 0.433 e. The second kappa shape index (κ2) is 8.23. The highest BCUT2D eigenvalue weighted by atomic mass is 19.4. The maximum Gasteiger partial charge on any atom is 0.433 e. The molecule has 30 heavy (non-hydrogen) atoms. The molecule has 3 rings (SSSR count). The van der Waals surface area contributed by atoms with E-state index in [4.69, 9.17) is 0 Å². The van der Waals surface area contributed by atoms with Gasteiger partial charge in [-0.2, -0.15) is 26.3 Å². The number of aliphatic hydroxyl groups excluding tert-OH is 1. The number of alkyl halides is 6. The van der Waals surface area contributed by atoms with Gasteiger partial charge in [0.25, 0.3) is 0 Å². The van der Waals surface area contributed by atoms with Gasteiger partial charge in [-0.15, -0.1) is 0 Å². The van der Waals surface area contributed by atoms with Crippen LogP contribution in [0.25, 0.3) is 10.9 Å². The van der Waals surface area contributed by atoms with E-state index in [1.54, 1.807) is 0 Å². The third-order valence-electron chi connectivity index (χ3n) is 4.61. The van der Waals surface area contributed by atoms with Crippen LogP contribution in [0.1, 0.15) is 34.1 Å². The van der Waals surface area contributed by atoms with E-state index in [1.807, 2.05) is 31.2 Å². The monoisotopic (exact) mass is 428 g/mol. The van der Waals surface area contributed by atoms with Crippen LogP contribution < -0.4 is 5.32 Å². The van der Waals surface area contributed by atoms with Crippen LogP contribution in [0.4, 0.5) is 26.3 Å². The molecule has 3 nitrogen and oxygen atoms in total. The number of nitrogens with one attached hydrogen (secondary N) is 1. The number of nitrogens with zero attached hydrogens (tertiary/aromatic N) is 1. The molecule has 0 bridgehead atoms. The van der Waals surface area contributed by atoms with Gasteiger partial charge in [-0.05, 0) is 30.2 Å². The Kier molecular flexibility index (Phi) is 6.05. The topological polar surface area (TPSA) is 45.1 Å². The van der Waals surface area contributed by atoms with Gasteiger partial charge in [0, 0.05) is 18.5 Å². The number of hydrogen-bond acceptors (Lipinski definition) is 3. The molecular weight excluding hydrogens is 410 g/mol. The Hall–Kier alpha value is -2.65. The van der Waals surface area contributed by atoms with Gasteiger partial charge in [-0.25, -0.2) is 4.98 Å². The van der Waals surface area contributed by atoms with Gasteiger partial charge >= 0.3 is 12.4 Å². The van der Waals surface area contributed by atoms with E-state index in [9.17, 15) is 31.4 Å².